The fraction of sp³-hybridized carbons (Fsp3) is 0.667. The minimum absolute atomic E-state index is 0.0256. The number of carboxylic acids is 1. The monoisotopic (exact) mass is 550 g/mol. The lowest BCUT2D eigenvalue weighted by atomic mass is 9.47. The van der Waals surface area contributed by atoms with Crippen molar-refractivity contribution in [3.8, 4) is 0 Å². The Morgan fingerprint density at radius 2 is 1.80 bits per heavy atom. The highest BCUT2D eigenvalue weighted by molar-refractivity contribution is 5.87. The molecule has 7 heteroatoms. The van der Waals surface area contributed by atoms with Gasteiger partial charge < -0.3 is 20.4 Å². The summed E-state index contributed by atoms with van der Waals surface area (Å²) in [5, 5.41) is 21.7. The number of allylic oxidation sites excluding steroid dienone is 1. The summed E-state index contributed by atoms with van der Waals surface area (Å²) in [5.41, 5.74) is 2.70. The van der Waals surface area contributed by atoms with Gasteiger partial charge in [0.15, 0.2) is 0 Å². The van der Waals surface area contributed by atoms with E-state index in [1.807, 2.05) is 37.3 Å². The van der Waals surface area contributed by atoms with E-state index in [0.717, 1.165) is 50.5 Å². The zero-order valence-corrected chi connectivity index (χ0v) is 24.3. The van der Waals surface area contributed by atoms with Gasteiger partial charge in [-0.05, 0) is 91.4 Å². The van der Waals surface area contributed by atoms with Gasteiger partial charge in [0.05, 0.1) is 12.6 Å². The number of hydrogen-bond acceptors (Lipinski definition) is 4. The van der Waals surface area contributed by atoms with Crippen LogP contribution in [-0.2, 0) is 20.9 Å². The van der Waals surface area contributed by atoms with Crippen LogP contribution in [0.4, 0.5) is 0 Å². The third kappa shape index (κ3) is 5.34. The highest BCUT2D eigenvalue weighted by atomic mass is 16.4. The van der Waals surface area contributed by atoms with E-state index in [-0.39, 0.29) is 41.2 Å². The first-order chi connectivity index (χ1) is 19.0. The SMILES string of the molecule is CC(C(=O)N(CC(=O)NCC(=O)O)Cc1ccccc1)[C@H]1CC[C@H]2[C@@H]3CC=C4C[C@@H](O)CC[C@]4(C)[C@H]3CC[C@]12C. The van der Waals surface area contributed by atoms with Gasteiger partial charge in [0, 0.05) is 12.5 Å². The van der Waals surface area contributed by atoms with Gasteiger partial charge in [-0.1, -0.05) is 62.8 Å². The summed E-state index contributed by atoms with van der Waals surface area (Å²) < 4.78 is 0. The number of rotatable bonds is 8. The topological polar surface area (TPSA) is 107 Å². The van der Waals surface area contributed by atoms with Crippen molar-refractivity contribution in [1.82, 2.24) is 10.2 Å². The van der Waals surface area contributed by atoms with Crippen molar-refractivity contribution in [1.29, 1.82) is 0 Å². The largest absolute Gasteiger partial charge is 0.480 e. The Kier molecular flexibility index (Phi) is 8.15. The minimum Gasteiger partial charge on any atom is -0.480 e. The highest BCUT2D eigenvalue weighted by Crippen LogP contribution is 2.67. The first kappa shape index (κ1) is 28.8. The van der Waals surface area contributed by atoms with Crippen LogP contribution in [0.2, 0.25) is 0 Å². The van der Waals surface area contributed by atoms with E-state index >= 15 is 0 Å². The number of fused-ring (bicyclic) bond motifs is 5. The van der Waals surface area contributed by atoms with E-state index in [1.165, 1.54) is 12.0 Å². The lowest BCUT2D eigenvalue weighted by Gasteiger charge is -2.58. The second kappa shape index (κ2) is 11.3. The first-order valence-corrected chi connectivity index (χ1v) is 15.2. The molecule has 0 heterocycles. The maximum absolute atomic E-state index is 14.1. The van der Waals surface area contributed by atoms with Crippen molar-refractivity contribution in [3.05, 3.63) is 47.5 Å². The third-order valence-electron chi connectivity index (χ3n) is 11.4. The Morgan fingerprint density at radius 3 is 2.52 bits per heavy atom. The molecule has 218 valence electrons. The molecule has 3 fully saturated rings. The number of nitrogens with zero attached hydrogens (tertiary/aromatic N) is 1. The molecular weight excluding hydrogens is 504 g/mol. The first-order valence-electron chi connectivity index (χ1n) is 15.2. The molecule has 3 saturated carbocycles. The summed E-state index contributed by atoms with van der Waals surface area (Å²) >= 11 is 0. The zero-order valence-electron chi connectivity index (χ0n) is 24.3. The number of carbonyl (C=O) groups is 3. The molecule has 2 amide bonds. The van der Waals surface area contributed by atoms with Crippen LogP contribution in [0.5, 0.6) is 0 Å². The highest BCUT2D eigenvalue weighted by Gasteiger charge is 2.59. The maximum Gasteiger partial charge on any atom is 0.322 e. The van der Waals surface area contributed by atoms with Gasteiger partial charge in [0.2, 0.25) is 11.8 Å². The fourth-order valence-electron chi connectivity index (χ4n) is 9.38. The summed E-state index contributed by atoms with van der Waals surface area (Å²) in [4.78, 5) is 39.3. The normalized spacial score (nSPS) is 35.4. The van der Waals surface area contributed by atoms with Gasteiger partial charge in [-0.3, -0.25) is 14.4 Å². The van der Waals surface area contributed by atoms with Gasteiger partial charge in [-0.2, -0.15) is 0 Å². The molecule has 0 saturated heterocycles. The van der Waals surface area contributed by atoms with Gasteiger partial charge in [0.25, 0.3) is 0 Å². The number of nitrogens with one attached hydrogen (secondary N) is 1. The van der Waals surface area contributed by atoms with Crippen molar-refractivity contribution >= 4 is 17.8 Å². The fourth-order valence-corrected chi connectivity index (χ4v) is 9.38. The maximum atomic E-state index is 14.1. The van der Waals surface area contributed by atoms with Gasteiger partial charge in [-0.15, -0.1) is 0 Å². The predicted molar refractivity (Wildman–Crippen MR) is 153 cm³/mol. The molecule has 0 aromatic heterocycles. The van der Waals surface area contributed by atoms with Crippen LogP contribution in [0, 0.1) is 40.4 Å². The van der Waals surface area contributed by atoms with Crippen LogP contribution in [0.3, 0.4) is 0 Å². The van der Waals surface area contributed by atoms with Crippen molar-refractivity contribution < 1.29 is 24.6 Å². The van der Waals surface area contributed by atoms with Gasteiger partial charge in [0.1, 0.15) is 6.54 Å². The number of aliphatic carboxylic acids is 1. The molecule has 4 aliphatic rings. The number of aliphatic hydroxyl groups excluding tert-OH is 1. The zero-order chi connectivity index (χ0) is 28.7. The van der Waals surface area contributed by atoms with Gasteiger partial charge in [-0.25, -0.2) is 0 Å². The number of carboxylic acid groups (broad SMARTS) is 1. The summed E-state index contributed by atoms with van der Waals surface area (Å²) in [7, 11) is 0. The second-order valence-corrected chi connectivity index (χ2v) is 13.5. The number of aliphatic hydroxyl groups is 1. The van der Waals surface area contributed by atoms with Crippen LogP contribution in [0.1, 0.15) is 77.7 Å². The Balaban J connectivity index is 1.33. The van der Waals surface area contributed by atoms with Gasteiger partial charge >= 0.3 is 5.97 Å². The molecular formula is C33H46N2O5. The number of benzene rings is 1. The molecule has 0 bridgehead atoms. The Labute approximate surface area is 238 Å². The lowest BCUT2D eigenvalue weighted by Crippen LogP contribution is -2.52. The molecule has 1 aromatic carbocycles. The van der Waals surface area contributed by atoms with E-state index in [9.17, 15) is 19.5 Å². The van der Waals surface area contributed by atoms with Crippen LogP contribution < -0.4 is 5.32 Å². The van der Waals surface area contributed by atoms with Crippen LogP contribution in [-0.4, -0.2) is 52.1 Å². The molecule has 4 aliphatic carbocycles. The Morgan fingerprint density at radius 1 is 1.05 bits per heavy atom. The van der Waals surface area contributed by atoms with E-state index in [2.05, 4.69) is 25.2 Å². The lowest BCUT2D eigenvalue weighted by molar-refractivity contribution is -0.144. The molecule has 7 nitrogen and oxygen atoms in total. The van der Waals surface area contributed by atoms with E-state index in [0.29, 0.717) is 24.3 Å². The van der Waals surface area contributed by atoms with Crippen LogP contribution in [0.15, 0.2) is 42.0 Å². The molecule has 1 unspecified atom stereocenters. The second-order valence-electron chi connectivity index (χ2n) is 13.5. The molecule has 8 atom stereocenters. The standard InChI is InChI=1S/C33H46N2O5/c1-21(31(40)35(19-22-7-5-4-6-8-22)20-29(37)34-18-30(38)39)26-11-12-27-25-10-9-23-17-24(36)13-15-32(23,2)28(25)14-16-33(26,27)3/h4-9,21,24-28,36H,10-20H2,1-3H3,(H,34,37)(H,38,39)/t21?,24-,25-,26+,27-,28-,32-,33+/m0/s1. The van der Waals surface area contributed by atoms with Crippen molar-refractivity contribution in [2.45, 2.75) is 84.8 Å². The van der Waals surface area contributed by atoms with Crippen LogP contribution >= 0.6 is 0 Å². The average molecular weight is 551 g/mol. The quantitative estimate of drug-likeness (QED) is 0.404. The van der Waals surface area contributed by atoms with Crippen LogP contribution in [0.25, 0.3) is 0 Å². The number of amides is 2. The van der Waals surface area contributed by atoms with E-state index < -0.39 is 18.4 Å². The molecule has 1 aromatic rings. The molecule has 0 aliphatic heterocycles. The molecule has 40 heavy (non-hydrogen) atoms. The summed E-state index contributed by atoms with van der Waals surface area (Å²) in [5.74, 6) is 0.288. The average Bonchev–Trinajstić information content (AvgIpc) is 3.29. The summed E-state index contributed by atoms with van der Waals surface area (Å²) in [6.45, 7) is 6.62. The molecule has 0 spiro atoms. The number of carbonyl (C=O) groups excluding carboxylic acids is 2. The number of hydrogen-bond donors (Lipinski definition) is 3. The summed E-state index contributed by atoms with van der Waals surface area (Å²) in [6, 6.07) is 9.66. The smallest absolute Gasteiger partial charge is 0.322 e. The van der Waals surface area contributed by atoms with Crippen molar-refractivity contribution in [3.63, 3.8) is 0 Å². The minimum atomic E-state index is -1.11. The Bertz CT molecular complexity index is 1150. The van der Waals surface area contributed by atoms with E-state index in [4.69, 9.17) is 5.11 Å². The molecule has 3 N–H and O–H groups in total. The van der Waals surface area contributed by atoms with Crippen molar-refractivity contribution in [2.75, 3.05) is 13.1 Å². The molecule has 5 rings (SSSR count). The van der Waals surface area contributed by atoms with Crippen molar-refractivity contribution in [2.24, 2.45) is 40.4 Å². The van der Waals surface area contributed by atoms with E-state index in [1.54, 1.807) is 4.90 Å². The Hall–Kier alpha value is -2.67. The summed E-state index contributed by atoms with van der Waals surface area (Å²) in [6.07, 6.45) is 10.6. The predicted octanol–water partition coefficient (Wildman–Crippen LogP) is 4.79. The molecule has 0 radical (unpaired) electrons. The third-order valence-corrected chi connectivity index (χ3v) is 11.4.